The molecule has 0 radical (unpaired) electrons. The van der Waals surface area contributed by atoms with Crippen LogP contribution in [0.1, 0.15) is 11.1 Å². The van der Waals surface area contributed by atoms with Gasteiger partial charge in [-0.05, 0) is 97.7 Å². The quantitative estimate of drug-likeness (QED) is 0.156. The maximum Gasteiger partial charge on any atom is 0.0979 e. The number of aryl methyl sites for hydroxylation is 2. The number of nitrogens with zero attached hydrogens (tertiary/aromatic N) is 2. The molecule has 9 aromatic carbocycles. The van der Waals surface area contributed by atoms with Crippen molar-refractivity contribution in [2.24, 2.45) is 0 Å². The van der Waals surface area contributed by atoms with Crippen LogP contribution in [0.5, 0.6) is 0 Å². The Hall–Kier alpha value is -7.16. The highest BCUT2D eigenvalue weighted by Crippen LogP contribution is 2.38. The summed E-state index contributed by atoms with van der Waals surface area (Å²) >= 11 is 0. The third-order valence-corrected chi connectivity index (χ3v) is 11.4. The van der Waals surface area contributed by atoms with E-state index >= 15 is 0 Å². The van der Waals surface area contributed by atoms with Crippen molar-refractivity contribution in [3.63, 3.8) is 0 Å². The van der Waals surface area contributed by atoms with Gasteiger partial charge in [0.25, 0.3) is 0 Å². The van der Waals surface area contributed by atoms with E-state index in [1.54, 1.807) is 0 Å². The molecule has 2 nitrogen and oxygen atoms in total. The van der Waals surface area contributed by atoms with Gasteiger partial charge in [0.15, 0.2) is 0 Å². The fourth-order valence-electron chi connectivity index (χ4n) is 8.60. The molecule has 0 spiro atoms. The molecule has 0 aliphatic rings. The van der Waals surface area contributed by atoms with Gasteiger partial charge in [-0.25, -0.2) is 9.97 Å². The van der Waals surface area contributed by atoms with Gasteiger partial charge in [-0.2, -0.15) is 0 Å². The van der Waals surface area contributed by atoms with Gasteiger partial charge in [-0.3, -0.25) is 0 Å². The number of aromatic nitrogens is 2. The largest absolute Gasteiger partial charge is 0.245 e. The first-order chi connectivity index (χ1) is 27.5. The second-order valence-corrected chi connectivity index (χ2v) is 15.2. The van der Waals surface area contributed by atoms with Crippen LogP contribution in [0.4, 0.5) is 0 Å². The van der Waals surface area contributed by atoms with Gasteiger partial charge in [0.2, 0.25) is 0 Å². The molecule has 0 unspecified atom stereocenters. The third kappa shape index (κ3) is 5.41. The molecule has 0 saturated carbocycles. The van der Waals surface area contributed by atoms with Crippen LogP contribution in [-0.4, -0.2) is 9.97 Å². The summed E-state index contributed by atoms with van der Waals surface area (Å²) in [5.41, 5.74) is 6.00. The molecule has 0 aliphatic heterocycles. The Morgan fingerprint density at radius 1 is 0.268 bits per heavy atom. The second-order valence-electron chi connectivity index (χ2n) is 15.2. The highest BCUT2D eigenvalue weighted by molar-refractivity contribution is 6.29. The Bertz CT molecular complexity index is 3140. The lowest BCUT2D eigenvalue weighted by molar-refractivity contribution is 1.48. The van der Waals surface area contributed by atoms with Crippen LogP contribution in [0.25, 0.3) is 108 Å². The summed E-state index contributed by atoms with van der Waals surface area (Å²) in [6, 6.07) is 66.6. The van der Waals surface area contributed by atoms with E-state index in [9.17, 15) is 0 Å². The summed E-state index contributed by atoms with van der Waals surface area (Å²) in [4.78, 5) is 11.7. The minimum absolute atomic E-state index is 0.882. The molecule has 0 saturated heterocycles. The Kier molecular flexibility index (Phi) is 7.33. The molecule has 15 rings (SSSR count). The number of hydrogen-bond acceptors (Lipinski definition) is 2. The average Bonchev–Trinajstić information content (AvgIpc) is 3.53. The van der Waals surface area contributed by atoms with Crippen molar-refractivity contribution in [2.45, 2.75) is 13.8 Å². The van der Waals surface area contributed by atoms with Gasteiger partial charge in [-0.1, -0.05) is 158 Å². The minimum atomic E-state index is 0.882. The fraction of sp³-hybridized carbons (Fsp3) is 0.0370. The first-order valence-corrected chi connectivity index (χ1v) is 19.3. The highest BCUT2D eigenvalue weighted by Gasteiger charge is 2.15. The zero-order valence-electron chi connectivity index (χ0n) is 31.2. The summed E-state index contributed by atoms with van der Waals surface area (Å²) in [7, 11) is 0. The zero-order valence-corrected chi connectivity index (χ0v) is 31.2. The first-order valence-electron chi connectivity index (χ1n) is 19.3. The molecule has 56 heavy (non-hydrogen) atoms. The minimum Gasteiger partial charge on any atom is -0.245 e. The number of fused-ring (bicyclic) bond motifs is 4. The molecule has 6 heterocycles. The lowest BCUT2D eigenvalue weighted by atomic mass is 10.0. The van der Waals surface area contributed by atoms with Crippen molar-refractivity contribution in [1.29, 1.82) is 0 Å². The van der Waals surface area contributed by atoms with Crippen molar-refractivity contribution in [1.82, 2.24) is 9.97 Å². The number of benzene rings is 8. The van der Waals surface area contributed by atoms with Crippen LogP contribution in [0.3, 0.4) is 0 Å². The third-order valence-electron chi connectivity index (χ3n) is 11.4. The van der Waals surface area contributed by atoms with Crippen LogP contribution in [-0.2, 0) is 0 Å². The Morgan fingerprint density at radius 3 is 0.857 bits per heavy atom. The molecule has 0 aliphatic carbocycles. The molecule has 0 atom stereocenters. The summed E-state index contributed by atoms with van der Waals surface area (Å²) in [6.07, 6.45) is 0. The van der Waals surface area contributed by atoms with Crippen LogP contribution < -0.4 is 0 Å². The lowest BCUT2D eigenvalue weighted by Crippen LogP contribution is -1.85. The van der Waals surface area contributed by atoms with E-state index in [0.29, 0.717) is 0 Å². The maximum atomic E-state index is 5.85. The summed E-state index contributed by atoms with van der Waals surface area (Å²) in [5.74, 6) is 0. The maximum absolute atomic E-state index is 5.85. The van der Waals surface area contributed by atoms with Gasteiger partial charge in [-0.15, -0.1) is 0 Å². The van der Waals surface area contributed by atoms with Gasteiger partial charge in [0.05, 0.1) is 22.1 Å². The van der Waals surface area contributed by atoms with Crippen LogP contribution in [0, 0.1) is 13.8 Å². The molecule has 0 amide bonds. The lowest BCUT2D eigenvalue weighted by Gasteiger charge is -2.06. The van der Waals surface area contributed by atoms with Crippen LogP contribution in [0.15, 0.2) is 182 Å². The summed E-state index contributed by atoms with van der Waals surface area (Å²) in [5, 5.41) is 18.0. The van der Waals surface area contributed by atoms with Crippen molar-refractivity contribution in [2.75, 3.05) is 0 Å². The van der Waals surface area contributed by atoms with Gasteiger partial charge in [0, 0.05) is 37.7 Å². The van der Waals surface area contributed by atoms with E-state index in [1.165, 1.54) is 21.9 Å². The first kappa shape index (κ1) is 32.3. The van der Waals surface area contributed by atoms with E-state index in [1.807, 2.05) is 0 Å². The molecular weight excluding hydrogens is 677 g/mol. The molecule has 15 aromatic rings. The van der Waals surface area contributed by atoms with Crippen LogP contribution >= 0.6 is 0 Å². The molecular formula is C54H36N2. The van der Waals surface area contributed by atoms with Crippen molar-refractivity contribution in [3.8, 4) is 0 Å². The number of rotatable bonds is 0. The van der Waals surface area contributed by atoms with Gasteiger partial charge in [0.1, 0.15) is 0 Å². The molecule has 0 N–H and O–H groups in total. The van der Waals surface area contributed by atoms with Crippen molar-refractivity contribution in [3.05, 3.63) is 193 Å². The second kappa shape index (κ2) is 12.7. The van der Waals surface area contributed by atoms with E-state index in [2.05, 4.69) is 196 Å². The smallest absolute Gasteiger partial charge is 0.0979 e. The predicted octanol–water partition coefficient (Wildman–Crippen LogP) is 14.9. The normalized spacial score (nSPS) is 11.8. The van der Waals surface area contributed by atoms with Gasteiger partial charge < -0.3 is 0 Å². The van der Waals surface area contributed by atoms with E-state index in [0.717, 1.165) is 97.5 Å². The molecule has 262 valence electrons. The summed E-state index contributed by atoms with van der Waals surface area (Å²) in [6.45, 7) is 4.37. The molecule has 10 bridgehead atoms. The van der Waals surface area contributed by atoms with E-state index < -0.39 is 0 Å². The summed E-state index contributed by atoms with van der Waals surface area (Å²) < 4.78 is 0. The van der Waals surface area contributed by atoms with Crippen LogP contribution in [0.2, 0.25) is 0 Å². The predicted molar refractivity (Wildman–Crippen MR) is 242 cm³/mol. The van der Waals surface area contributed by atoms with Crippen molar-refractivity contribution < 1.29 is 0 Å². The fourth-order valence-corrected chi connectivity index (χ4v) is 8.60. The SMILES string of the molecule is Cc1cc2c3ccc(ccc4ccc(cc4)c4cc(C)cc5c6ccc(ccc7ccc(cc7)c(c1)c2nc1c2cccc7cccc(c1nc45)c72)cc6)cc3. The molecule has 6 aromatic heterocycles. The average molecular weight is 713 g/mol. The standard InChI is InChI=1S/C54H36N2/c1-33-29-46-39-21-13-35(14-22-39)9-11-37-17-25-41(26-18-37)48-31-34(2)32-49-42-27-19-38(20-28-42)12-10-36-15-23-40(24-16-36)47(30-33)51(46)55-53-44-7-3-5-43-6-4-8-45(50(43)44)54(53)56-52(48)49/h3-32H,1-2H3. The topological polar surface area (TPSA) is 25.8 Å². The van der Waals surface area contributed by atoms with Gasteiger partial charge >= 0.3 is 0 Å². The van der Waals surface area contributed by atoms with E-state index in [4.69, 9.17) is 9.97 Å². The Labute approximate surface area is 324 Å². The highest BCUT2D eigenvalue weighted by atomic mass is 14.8. The number of hydrogen-bond donors (Lipinski definition) is 0. The Morgan fingerprint density at radius 2 is 0.554 bits per heavy atom. The Balaban J connectivity index is 1.52. The van der Waals surface area contributed by atoms with E-state index in [-0.39, 0.29) is 0 Å². The molecule has 0 fully saturated rings. The molecule has 2 heteroatoms. The van der Waals surface area contributed by atoms with Crippen molar-refractivity contribution >= 4 is 108 Å². The monoisotopic (exact) mass is 712 g/mol. The zero-order chi connectivity index (χ0) is 37.3.